The van der Waals surface area contributed by atoms with Crippen molar-refractivity contribution in [2.75, 3.05) is 26.3 Å². The van der Waals surface area contributed by atoms with Crippen LogP contribution in [0.2, 0.25) is 0 Å². The molecule has 0 spiro atoms. The van der Waals surface area contributed by atoms with Crippen LogP contribution in [0.5, 0.6) is 0 Å². The molecule has 1 saturated heterocycles. The summed E-state index contributed by atoms with van der Waals surface area (Å²) in [7, 11) is 0. The Labute approximate surface area is 80.5 Å². The third-order valence-corrected chi connectivity index (χ3v) is 2.56. The molecule has 1 heterocycles. The zero-order valence-corrected chi connectivity index (χ0v) is 8.72. The van der Waals surface area contributed by atoms with Gasteiger partial charge in [0.05, 0.1) is 0 Å². The van der Waals surface area contributed by atoms with Crippen molar-refractivity contribution in [1.29, 1.82) is 0 Å². The second kappa shape index (κ2) is 5.55. The molecule has 1 aliphatic heterocycles. The molecule has 3 heteroatoms. The summed E-state index contributed by atoms with van der Waals surface area (Å²) in [5.74, 6) is 0. The molecule has 1 aliphatic rings. The molecule has 1 N–H and O–H groups in total. The number of piperidine rings is 1. The van der Waals surface area contributed by atoms with Crippen LogP contribution in [0.3, 0.4) is 0 Å². The molecule has 0 aliphatic carbocycles. The van der Waals surface area contributed by atoms with Crippen LogP contribution in [0.15, 0.2) is 0 Å². The standard InChI is InChI=1S/C10H21FN2/c1-9(2)12-10-3-6-13(7-4-10)8-5-11/h9-10,12H,3-8H2,1-2H3. The lowest BCUT2D eigenvalue weighted by Gasteiger charge is -2.32. The van der Waals surface area contributed by atoms with Gasteiger partial charge in [-0.3, -0.25) is 0 Å². The normalized spacial score (nSPS) is 21.2. The fourth-order valence-electron chi connectivity index (χ4n) is 1.91. The third-order valence-electron chi connectivity index (χ3n) is 2.56. The van der Waals surface area contributed by atoms with Gasteiger partial charge in [0.1, 0.15) is 6.67 Å². The summed E-state index contributed by atoms with van der Waals surface area (Å²) in [6.07, 6.45) is 2.33. The molecule has 0 amide bonds. The average Bonchev–Trinajstić information content (AvgIpc) is 2.08. The molecule has 1 fully saturated rings. The first-order chi connectivity index (χ1) is 6.22. The second-order valence-electron chi connectivity index (χ2n) is 4.13. The van der Waals surface area contributed by atoms with E-state index < -0.39 is 0 Å². The molecule has 0 radical (unpaired) electrons. The number of hydrogen-bond acceptors (Lipinski definition) is 2. The van der Waals surface area contributed by atoms with Gasteiger partial charge in [-0.2, -0.15) is 0 Å². The Bertz CT molecular complexity index is 131. The number of halogens is 1. The Kier molecular flexibility index (Phi) is 4.67. The van der Waals surface area contributed by atoms with Gasteiger partial charge in [0.25, 0.3) is 0 Å². The minimum Gasteiger partial charge on any atom is -0.312 e. The van der Waals surface area contributed by atoms with Gasteiger partial charge in [0.2, 0.25) is 0 Å². The summed E-state index contributed by atoms with van der Waals surface area (Å²) in [6, 6.07) is 1.22. The van der Waals surface area contributed by atoms with E-state index in [0.717, 1.165) is 25.9 Å². The van der Waals surface area contributed by atoms with E-state index in [2.05, 4.69) is 24.1 Å². The van der Waals surface area contributed by atoms with Crippen LogP contribution >= 0.6 is 0 Å². The highest BCUT2D eigenvalue weighted by Gasteiger charge is 2.18. The monoisotopic (exact) mass is 188 g/mol. The summed E-state index contributed by atoms with van der Waals surface area (Å²) in [5.41, 5.74) is 0. The van der Waals surface area contributed by atoms with Gasteiger partial charge in [0.15, 0.2) is 0 Å². The number of likely N-dealkylation sites (tertiary alicyclic amines) is 1. The van der Waals surface area contributed by atoms with Crippen LogP contribution < -0.4 is 5.32 Å². The number of rotatable bonds is 4. The highest BCUT2D eigenvalue weighted by molar-refractivity contribution is 4.77. The molecule has 0 bridgehead atoms. The van der Waals surface area contributed by atoms with Gasteiger partial charge in [-0.25, -0.2) is 4.39 Å². The average molecular weight is 188 g/mol. The van der Waals surface area contributed by atoms with Crippen LogP contribution in [-0.4, -0.2) is 43.3 Å². The van der Waals surface area contributed by atoms with Crippen LogP contribution in [0.4, 0.5) is 4.39 Å². The molecule has 0 unspecified atom stereocenters. The summed E-state index contributed by atoms with van der Waals surface area (Å²) >= 11 is 0. The number of nitrogens with one attached hydrogen (secondary N) is 1. The number of hydrogen-bond donors (Lipinski definition) is 1. The van der Waals surface area contributed by atoms with Gasteiger partial charge in [-0.05, 0) is 25.9 Å². The molecule has 1 rings (SSSR count). The Morgan fingerprint density at radius 1 is 1.38 bits per heavy atom. The Balaban J connectivity index is 2.15. The first-order valence-electron chi connectivity index (χ1n) is 5.26. The summed E-state index contributed by atoms with van der Waals surface area (Å²) in [6.45, 7) is 6.86. The molecule has 0 saturated carbocycles. The summed E-state index contributed by atoms with van der Waals surface area (Å²) in [4.78, 5) is 2.21. The van der Waals surface area contributed by atoms with Crippen molar-refractivity contribution >= 4 is 0 Å². The zero-order valence-electron chi connectivity index (χ0n) is 8.72. The van der Waals surface area contributed by atoms with E-state index in [9.17, 15) is 4.39 Å². The lowest BCUT2D eigenvalue weighted by molar-refractivity contribution is 0.181. The topological polar surface area (TPSA) is 15.3 Å². The van der Waals surface area contributed by atoms with Gasteiger partial charge < -0.3 is 10.2 Å². The summed E-state index contributed by atoms with van der Waals surface area (Å²) < 4.78 is 12.0. The first kappa shape index (κ1) is 10.9. The first-order valence-corrected chi connectivity index (χ1v) is 5.26. The van der Waals surface area contributed by atoms with E-state index >= 15 is 0 Å². The third kappa shape index (κ3) is 4.05. The van der Waals surface area contributed by atoms with E-state index in [1.165, 1.54) is 0 Å². The molecular formula is C10H21FN2. The van der Waals surface area contributed by atoms with Gasteiger partial charge in [-0.15, -0.1) is 0 Å². The second-order valence-corrected chi connectivity index (χ2v) is 4.13. The smallest absolute Gasteiger partial charge is 0.102 e. The minimum absolute atomic E-state index is 0.206. The quantitative estimate of drug-likeness (QED) is 0.718. The molecule has 0 aromatic carbocycles. The molecule has 0 aromatic rings. The van der Waals surface area contributed by atoms with Crippen molar-refractivity contribution in [3.05, 3.63) is 0 Å². The molecule has 0 atom stereocenters. The predicted molar refractivity (Wildman–Crippen MR) is 53.7 cm³/mol. The zero-order chi connectivity index (χ0) is 9.68. The molecule has 2 nitrogen and oxygen atoms in total. The van der Waals surface area contributed by atoms with Crippen molar-refractivity contribution in [3.8, 4) is 0 Å². The number of nitrogens with zero attached hydrogens (tertiary/aromatic N) is 1. The van der Waals surface area contributed by atoms with E-state index in [-0.39, 0.29) is 6.67 Å². The molecular weight excluding hydrogens is 167 g/mol. The fraction of sp³-hybridized carbons (Fsp3) is 1.00. The van der Waals surface area contributed by atoms with Crippen molar-refractivity contribution in [3.63, 3.8) is 0 Å². The van der Waals surface area contributed by atoms with E-state index in [4.69, 9.17) is 0 Å². The summed E-state index contributed by atoms with van der Waals surface area (Å²) in [5, 5.41) is 3.52. The van der Waals surface area contributed by atoms with Gasteiger partial charge in [0, 0.05) is 18.6 Å². The van der Waals surface area contributed by atoms with Crippen molar-refractivity contribution < 1.29 is 4.39 Å². The maximum Gasteiger partial charge on any atom is 0.102 e. The van der Waals surface area contributed by atoms with Crippen LogP contribution in [0.25, 0.3) is 0 Å². The minimum atomic E-state index is -0.206. The highest BCUT2D eigenvalue weighted by Crippen LogP contribution is 2.10. The lowest BCUT2D eigenvalue weighted by Crippen LogP contribution is -2.45. The largest absolute Gasteiger partial charge is 0.312 e. The SMILES string of the molecule is CC(C)NC1CCN(CCF)CC1. The molecule has 0 aromatic heterocycles. The fourth-order valence-corrected chi connectivity index (χ4v) is 1.91. The predicted octanol–water partition coefficient (Wildman–Crippen LogP) is 1.42. The van der Waals surface area contributed by atoms with Crippen LogP contribution in [0.1, 0.15) is 26.7 Å². The van der Waals surface area contributed by atoms with E-state index in [1.54, 1.807) is 0 Å². The van der Waals surface area contributed by atoms with Crippen molar-refractivity contribution in [1.82, 2.24) is 10.2 Å². The van der Waals surface area contributed by atoms with Crippen molar-refractivity contribution in [2.24, 2.45) is 0 Å². The number of alkyl halides is 1. The Hall–Kier alpha value is -0.150. The lowest BCUT2D eigenvalue weighted by atomic mass is 10.0. The molecule has 78 valence electrons. The maximum absolute atomic E-state index is 12.0. The highest BCUT2D eigenvalue weighted by atomic mass is 19.1. The maximum atomic E-state index is 12.0. The molecule has 13 heavy (non-hydrogen) atoms. The van der Waals surface area contributed by atoms with Gasteiger partial charge in [-0.1, -0.05) is 13.8 Å². The van der Waals surface area contributed by atoms with E-state index in [0.29, 0.717) is 18.6 Å². The van der Waals surface area contributed by atoms with E-state index in [1.807, 2.05) is 0 Å². The van der Waals surface area contributed by atoms with Crippen molar-refractivity contribution in [2.45, 2.75) is 38.8 Å². The Morgan fingerprint density at radius 2 is 2.00 bits per heavy atom. The van der Waals surface area contributed by atoms with Crippen LogP contribution in [-0.2, 0) is 0 Å². The van der Waals surface area contributed by atoms with Gasteiger partial charge >= 0.3 is 0 Å². The van der Waals surface area contributed by atoms with Crippen LogP contribution in [0, 0.1) is 0 Å². The Morgan fingerprint density at radius 3 is 2.46 bits per heavy atom.